The van der Waals surface area contributed by atoms with E-state index < -0.39 is 11.9 Å². The second-order valence-corrected chi connectivity index (χ2v) is 5.86. The smallest absolute Gasteiger partial charge is 0.339 e. The number of ether oxygens (including phenoxy) is 1. The SMILES string of the molecule is COC(=O)c1ccc(C(=O)Nc2cc(Cl)ccc2Cl)cc1NC(C)=O. The van der Waals surface area contributed by atoms with Gasteiger partial charge in [-0.15, -0.1) is 0 Å². The summed E-state index contributed by atoms with van der Waals surface area (Å²) in [5.41, 5.74) is 0.865. The maximum Gasteiger partial charge on any atom is 0.339 e. The molecular formula is C17H14Cl2N2O4. The standard InChI is InChI=1S/C17H14Cl2N2O4/c1-9(22)20-14-7-10(3-5-12(14)17(24)25-2)16(23)21-15-8-11(18)4-6-13(15)19/h3-8H,1-2H3,(H,20,22)(H,21,23). The zero-order valence-corrected chi connectivity index (χ0v) is 14.9. The molecule has 0 saturated heterocycles. The number of nitrogens with one attached hydrogen (secondary N) is 2. The van der Waals surface area contributed by atoms with E-state index in [2.05, 4.69) is 15.4 Å². The van der Waals surface area contributed by atoms with Gasteiger partial charge in [-0.1, -0.05) is 23.2 Å². The molecule has 130 valence electrons. The van der Waals surface area contributed by atoms with Crippen LogP contribution in [0.3, 0.4) is 0 Å². The number of hydrogen-bond donors (Lipinski definition) is 2. The molecule has 0 unspecified atom stereocenters. The predicted octanol–water partition coefficient (Wildman–Crippen LogP) is 3.99. The zero-order valence-electron chi connectivity index (χ0n) is 13.4. The van der Waals surface area contributed by atoms with E-state index in [1.807, 2.05) is 0 Å². The molecule has 0 aliphatic carbocycles. The van der Waals surface area contributed by atoms with Crippen molar-refractivity contribution in [3.05, 3.63) is 57.6 Å². The quantitative estimate of drug-likeness (QED) is 0.785. The topological polar surface area (TPSA) is 84.5 Å². The van der Waals surface area contributed by atoms with Gasteiger partial charge < -0.3 is 15.4 Å². The van der Waals surface area contributed by atoms with E-state index in [1.165, 1.54) is 38.3 Å². The van der Waals surface area contributed by atoms with Gasteiger partial charge in [0.15, 0.2) is 0 Å². The fourth-order valence-corrected chi connectivity index (χ4v) is 2.39. The Hall–Kier alpha value is -2.57. The summed E-state index contributed by atoms with van der Waals surface area (Å²) in [6.45, 7) is 1.29. The van der Waals surface area contributed by atoms with Gasteiger partial charge in [-0.05, 0) is 36.4 Å². The third-order valence-electron chi connectivity index (χ3n) is 3.17. The Morgan fingerprint density at radius 2 is 1.68 bits per heavy atom. The largest absolute Gasteiger partial charge is 0.465 e. The number of hydrogen-bond acceptors (Lipinski definition) is 4. The third-order valence-corrected chi connectivity index (χ3v) is 3.74. The highest BCUT2D eigenvalue weighted by molar-refractivity contribution is 6.35. The number of esters is 1. The molecule has 6 nitrogen and oxygen atoms in total. The third kappa shape index (κ3) is 4.71. The van der Waals surface area contributed by atoms with E-state index >= 15 is 0 Å². The summed E-state index contributed by atoms with van der Waals surface area (Å²) in [5, 5.41) is 5.87. The maximum atomic E-state index is 12.4. The van der Waals surface area contributed by atoms with E-state index in [-0.39, 0.29) is 22.7 Å². The molecule has 25 heavy (non-hydrogen) atoms. The second kappa shape index (κ2) is 8.00. The van der Waals surface area contributed by atoms with Crippen LogP contribution in [0.5, 0.6) is 0 Å². The summed E-state index contributed by atoms with van der Waals surface area (Å²) in [6, 6.07) is 8.87. The minimum absolute atomic E-state index is 0.134. The van der Waals surface area contributed by atoms with Crippen LogP contribution in [0, 0.1) is 0 Å². The van der Waals surface area contributed by atoms with Gasteiger partial charge in [0.05, 0.1) is 29.1 Å². The number of carbonyl (C=O) groups is 3. The summed E-state index contributed by atoms with van der Waals surface area (Å²) in [5.74, 6) is -1.50. The van der Waals surface area contributed by atoms with E-state index in [0.29, 0.717) is 15.7 Å². The Labute approximate surface area is 154 Å². The van der Waals surface area contributed by atoms with Gasteiger partial charge in [0.25, 0.3) is 5.91 Å². The molecule has 2 amide bonds. The molecule has 0 bridgehead atoms. The van der Waals surface area contributed by atoms with Crippen molar-refractivity contribution in [3.8, 4) is 0 Å². The summed E-state index contributed by atoms with van der Waals surface area (Å²) < 4.78 is 4.66. The molecule has 2 aromatic rings. The molecule has 2 N–H and O–H groups in total. The lowest BCUT2D eigenvalue weighted by atomic mass is 10.1. The fourth-order valence-electron chi connectivity index (χ4n) is 2.05. The van der Waals surface area contributed by atoms with Crippen molar-refractivity contribution in [2.75, 3.05) is 17.7 Å². The highest BCUT2D eigenvalue weighted by Crippen LogP contribution is 2.26. The molecule has 0 saturated carbocycles. The van der Waals surface area contributed by atoms with Crippen LogP contribution in [0.15, 0.2) is 36.4 Å². The molecule has 8 heteroatoms. The van der Waals surface area contributed by atoms with Crippen LogP contribution in [0.25, 0.3) is 0 Å². The van der Waals surface area contributed by atoms with Crippen molar-refractivity contribution in [2.45, 2.75) is 6.92 Å². The molecule has 0 aliphatic heterocycles. The highest BCUT2D eigenvalue weighted by Gasteiger charge is 2.17. The first-order valence-electron chi connectivity index (χ1n) is 7.08. The average Bonchev–Trinajstić information content (AvgIpc) is 2.56. The van der Waals surface area contributed by atoms with E-state index in [0.717, 1.165) is 0 Å². The Balaban J connectivity index is 2.34. The number of benzene rings is 2. The van der Waals surface area contributed by atoms with E-state index in [9.17, 15) is 14.4 Å². The minimum Gasteiger partial charge on any atom is -0.465 e. The molecular weight excluding hydrogens is 367 g/mol. The van der Waals surface area contributed by atoms with Crippen molar-refractivity contribution in [1.29, 1.82) is 0 Å². The summed E-state index contributed by atoms with van der Waals surface area (Å²) in [7, 11) is 1.22. The molecule has 0 spiro atoms. The fraction of sp³-hybridized carbons (Fsp3) is 0.118. The van der Waals surface area contributed by atoms with Crippen LogP contribution in [-0.2, 0) is 9.53 Å². The molecule has 0 fully saturated rings. The van der Waals surface area contributed by atoms with Crippen molar-refractivity contribution in [1.82, 2.24) is 0 Å². The first-order valence-corrected chi connectivity index (χ1v) is 7.83. The average molecular weight is 381 g/mol. The van der Waals surface area contributed by atoms with Crippen LogP contribution < -0.4 is 10.6 Å². The minimum atomic E-state index is -0.631. The van der Waals surface area contributed by atoms with Gasteiger partial charge in [0, 0.05) is 17.5 Å². The lowest BCUT2D eigenvalue weighted by Gasteiger charge is -2.12. The lowest BCUT2D eigenvalue weighted by molar-refractivity contribution is -0.114. The first-order chi connectivity index (χ1) is 11.8. The van der Waals surface area contributed by atoms with Crippen molar-refractivity contribution in [3.63, 3.8) is 0 Å². The van der Waals surface area contributed by atoms with Crippen molar-refractivity contribution in [2.24, 2.45) is 0 Å². The summed E-state index contributed by atoms with van der Waals surface area (Å²) >= 11 is 11.9. The van der Waals surface area contributed by atoms with Gasteiger partial charge in [0.1, 0.15) is 0 Å². The zero-order chi connectivity index (χ0) is 18.6. The normalized spacial score (nSPS) is 10.1. The van der Waals surface area contributed by atoms with E-state index in [4.69, 9.17) is 23.2 Å². The highest BCUT2D eigenvalue weighted by atomic mass is 35.5. The molecule has 0 atom stereocenters. The molecule has 2 rings (SSSR count). The molecule has 2 aromatic carbocycles. The number of anilines is 2. The Bertz CT molecular complexity index is 853. The van der Waals surface area contributed by atoms with Crippen LogP contribution in [0.4, 0.5) is 11.4 Å². The molecule has 0 aromatic heterocycles. The Morgan fingerprint density at radius 3 is 2.32 bits per heavy atom. The molecule has 0 aliphatic rings. The van der Waals surface area contributed by atoms with Gasteiger partial charge in [-0.25, -0.2) is 4.79 Å². The van der Waals surface area contributed by atoms with Gasteiger partial charge in [-0.3, -0.25) is 9.59 Å². The van der Waals surface area contributed by atoms with Crippen LogP contribution in [0.2, 0.25) is 10.0 Å². The number of methoxy groups -OCH3 is 1. The summed E-state index contributed by atoms with van der Waals surface area (Å²) in [4.78, 5) is 35.5. The number of halogens is 2. The summed E-state index contributed by atoms with van der Waals surface area (Å²) in [6.07, 6.45) is 0. The first kappa shape index (κ1) is 18.8. The second-order valence-electron chi connectivity index (χ2n) is 5.01. The van der Waals surface area contributed by atoms with Crippen molar-refractivity contribution < 1.29 is 19.1 Å². The van der Waals surface area contributed by atoms with Gasteiger partial charge in [0.2, 0.25) is 5.91 Å². The monoisotopic (exact) mass is 380 g/mol. The van der Waals surface area contributed by atoms with Crippen LogP contribution in [0.1, 0.15) is 27.6 Å². The van der Waals surface area contributed by atoms with Crippen LogP contribution >= 0.6 is 23.2 Å². The lowest BCUT2D eigenvalue weighted by Crippen LogP contribution is -2.16. The van der Waals surface area contributed by atoms with Crippen molar-refractivity contribution >= 4 is 52.4 Å². The maximum absolute atomic E-state index is 12.4. The number of amides is 2. The number of carbonyl (C=O) groups excluding carboxylic acids is 3. The van der Waals surface area contributed by atoms with Crippen LogP contribution in [-0.4, -0.2) is 24.9 Å². The molecule has 0 radical (unpaired) electrons. The Morgan fingerprint density at radius 1 is 0.960 bits per heavy atom. The van der Waals surface area contributed by atoms with Gasteiger partial charge >= 0.3 is 5.97 Å². The Kier molecular flexibility index (Phi) is 6.01. The molecule has 0 heterocycles. The number of rotatable bonds is 4. The predicted molar refractivity (Wildman–Crippen MR) is 96.5 cm³/mol. The van der Waals surface area contributed by atoms with E-state index in [1.54, 1.807) is 12.1 Å². The van der Waals surface area contributed by atoms with Gasteiger partial charge in [-0.2, -0.15) is 0 Å².